The van der Waals surface area contributed by atoms with Crippen LogP contribution < -0.4 is 16.2 Å². The van der Waals surface area contributed by atoms with E-state index in [1.807, 2.05) is 30.3 Å². The average Bonchev–Trinajstić information content (AvgIpc) is 3.64. The minimum absolute atomic E-state index is 0.121. The maximum Gasteiger partial charge on any atom is 0.308 e. The zero-order chi connectivity index (χ0) is 38.4. The predicted molar refractivity (Wildman–Crippen MR) is 221 cm³/mol. The molecular formula is C49H61NO5. The number of nitrogens with two attached hydrogens (primary N) is 1. The number of fused-ring (bicyclic) bond motifs is 5. The lowest BCUT2D eigenvalue weighted by molar-refractivity contribution is -0.148. The molecule has 4 aliphatic carbocycles. The largest absolute Gasteiger partial charge is 0.511 e. The normalized spacial score (nSPS) is 29.6. The lowest BCUT2D eigenvalue weighted by Gasteiger charge is -2.49. The van der Waals surface area contributed by atoms with Gasteiger partial charge in [0.1, 0.15) is 11.5 Å². The molecule has 4 aliphatic rings. The molecule has 1 saturated carbocycles. The van der Waals surface area contributed by atoms with Crippen LogP contribution in [0.4, 0.5) is 0 Å². The van der Waals surface area contributed by atoms with Crippen LogP contribution in [-0.4, -0.2) is 39.5 Å². The van der Waals surface area contributed by atoms with Gasteiger partial charge in [0.2, 0.25) is 0 Å². The smallest absolute Gasteiger partial charge is 0.308 e. The highest BCUT2D eigenvalue weighted by Crippen LogP contribution is 2.54. The number of unbranched alkanes of at least 4 members (excludes halogenated alkanes) is 3. The number of aromatic hydroxyl groups is 1. The average molecular weight is 744 g/mol. The van der Waals surface area contributed by atoms with Gasteiger partial charge in [0.05, 0.1) is 12.5 Å². The number of aliphatic carboxylic acids is 1. The van der Waals surface area contributed by atoms with Crippen LogP contribution in [0.3, 0.4) is 0 Å². The zero-order valence-corrected chi connectivity index (χ0v) is 32.4. The SMILES string of the molecule is NCCC1=C[C@@H](CCCCCC[C@@H]2C/C=C\[C@H](CO)[C@H](C(=O)O)[C@@]3(CC[C@@H]4C=c5ccccc5=C(O)[C@@H]4C3)c3cccc(c3)C[C@@H]2c2ccc(O)cc2)CC1. The lowest BCUT2D eigenvalue weighted by Crippen LogP contribution is -2.51. The molecule has 6 nitrogen and oxygen atoms in total. The summed E-state index contributed by atoms with van der Waals surface area (Å²) in [6, 6.07) is 24.3. The number of aliphatic hydroxyl groups is 2. The summed E-state index contributed by atoms with van der Waals surface area (Å²) in [6.45, 7) is 0.483. The molecule has 7 rings (SSSR count). The van der Waals surface area contributed by atoms with E-state index in [-0.39, 0.29) is 30.1 Å². The molecule has 3 aromatic carbocycles. The van der Waals surface area contributed by atoms with E-state index in [1.54, 1.807) is 17.7 Å². The zero-order valence-electron chi connectivity index (χ0n) is 32.4. The maximum atomic E-state index is 13.6. The number of carbonyl (C=O) groups is 1. The maximum absolute atomic E-state index is 13.6. The number of rotatable bonds is 12. The molecule has 0 heterocycles. The van der Waals surface area contributed by atoms with E-state index in [4.69, 9.17) is 5.73 Å². The van der Waals surface area contributed by atoms with Crippen LogP contribution in [0.15, 0.2) is 96.6 Å². The third-order valence-corrected chi connectivity index (χ3v) is 13.8. The van der Waals surface area contributed by atoms with E-state index in [2.05, 4.69) is 54.6 Å². The van der Waals surface area contributed by atoms with Gasteiger partial charge in [0.15, 0.2) is 0 Å². The first-order valence-corrected chi connectivity index (χ1v) is 21.1. The number of aliphatic hydroxyl groups excluding tert-OH is 2. The Morgan fingerprint density at radius 3 is 2.45 bits per heavy atom. The molecule has 0 radical (unpaired) electrons. The second kappa shape index (κ2) is 17.8. The van der Waals surface area contributed by atoms with Crippen molar-refractivity contribution in [1.29, 1.82) is 0 Å². The summed E-state index contributed by atoms with van der Waals surface area (Å²) in [5.74, 6) is -0.607. The van der Waals surface area contributed by atoms with Crippen molar-refractivity contribution in [3.8, 4) is 5.75 Å². The lowest BCUT2D eigenvalue weighted by atomic mass is 9.53. The number of hydrogen-bond acceptors (Lipinski definition) is 5. The van der Waals surface area contributed by atoms with Crippen LogP contribution in [0.2, 0.25) is 0 Å². The van der Waals surface area contributed by atoms with Gasteiger partial charge < -0.3 is 26.2 Å². The molecule has 0 aromatic heterocycles. The van der Waals surface area contributed by atoms with Gasteiger partial charge in [-0.15, -0.1) is 0 Å². The third-order valence-electron chi connectivity index (χ3n) is 13.8. The van der Waals surface area contributed by atoms with Crippen molar-refractivity contribution in [2.75, 3.05) is 13.2 Å². The van der Waals surface area contributed by atoms with E-state index in [9.17, 15) is 25.2 Å². The topological polar surface area (TPSA) is 124 Å². The van der Waals surface area contributed by atoms with Gasteiger partial charge in [-0.1, -0.05) is 116 Å². The quantitative estimate of drug-likeness (QED) is 0.0938. The van der Waals surface area contributed by atoms with E-state index in [0.717, 1.165) is 61.1 Å². The molecule has 1 fully saturated rings. The summed E-state index contributed by atoms with van der Waals surface area (Å²) in [5, 5.41) is 46.0. The molecule has 0 aliphatic heterocycles. The first-order chi connectivity index (χ1) is 26.8. The first kappa shape index (κ1) is 39.1. The highest BCUT2D eigenvalue weighted by molar-refractivity contribution is 5.74. The third kappa shape index (κ3) is 8.66. The monoisotopic (exact) mass is 743 g/mol. The molecule has 2 bridgehead atoms. The molecule has 0 saturated heterocycles. The number of carboxylic acid groups (broad SMARTS) is 1. The highest BCUT2D eigenvalue weighted by Gasteiger charge is 2.53. The number of phenols is 1. The summed E-state index contributed by atoms with van der Waals surface area (Å²) in [5.41, 5.74) is 9.90. The molecule has 6 heteroatoms. The Hall–Kier alpha value is -4.13. The Bertz CT molecular complexity index is 1960. The van der Waals surface area contributed by atoms with Crippen LogP contribution in [0.5, 0.6) is 5.75 Å². The number of hydrogen-bond donors (Lipinski definition) is 5. The fourth-order valence-electron chi connectivity index (χ4n) is 11.0. The molecule has 55 heavy (non-hydrogen) atoms. The highest BCUT2D eigenvalue weighted by atomic mass is 16.4. The van der Waals surface area contributed by atoms with Crippen LogP contribution in [0.25, 0.3) is 11.8 Å². The van der Waals surface area contributed by atoms with Gasteiger partial charge >= 0.3 is 5.97 Å². The summed E-state index contributed by atoms with van der Waals surface area (Å²) in [6.07, 6.45) is 23.0. The van der Waals surface area contributed by atoms with Crippen LogP contribution in [0, 0.1) is 35.5 Å². The van der Waals surface area contributed by atoms with Gasteiger partial charge in [-0.25, -0.2) is 0 Å². The Labute approximate surface area is 327 Å². The van der Waals surface area contributed by atoms with Gasteiger partial charge in [-0.2, -0.15) is 0 Å². The van der Waals surface area contributed by atoms with Crippen molar-refractivity contribution in [2.45, 2.75) is 101 Å². The molecular weight excluding hydrogens is 683 g/mol. The molecule has 1 spiro atoms. The van der Waals surface area contributed by atoms with E-state index in [1.165, 1.54) is 49.7 Å². The van der Waals surface area contributed by atoms with E-state index >= 15 is 0 Å². The molecule has 0 unspecified atom stereocenters. The molecule has 3 aromatic rings. The Morgan fingerprint density at radius 1 is 0.873 bits per heavy atom. The number of allylic oxidation sites excluding steroid dienone is 2. The van der Waals surface area contributed by atoms with Gasteiger partial charge in [0.25, 0.3) is 0 Å². The van der Waals surface area contributed by atoms with E-state index in [0.29, 0.717) is 30.4 Å². The van der Waals surface area contributed by atoms with E-state index < -0.39 is 23.2 Å². The van der Waals surface area contributed by atoms with Crippen molar-refractivity contribution in [3.63, 3.8) is 0 Å². The second-order valence-electron chi connectivity index (χ2n) is 17.2. The fourth-order valence-corrected chi connectivity index (χ4v) is 11.0. The minimum atomic E-state index is -0.897. The summed E-state index contributed by atoms with van der Waals surface area (Å²) in [7, 11) is 0. The van der Waals surface area contributed by atoms with Gasteiger partial charge in [-0.3, -0.25) is 4.79 Å². The number of benzene rings is 3. The summed E-state index contributed by atoms with van der Waals surface area (Å²) < 4.78 is 0. The second-order valence-corrected chi connectivity index (χ2v) is 17.2. The Balaban J connectivity index is 1.18. The summed E-state index contributed by atoms with van der Waals surface area (Å²) >= 11 is 0. The Morgan fingerprint density at radius 2 is 1.67 bits per heavy atom. The predicted octanol–water partition coefficient (Wildman–Crippen LogP) is 8.44. The van der Waals surface area contributed by atoms with Crippen LogP contribution >= 0.6 is 0 Å². The van der Waals surface area contributed by atoms with Crippen molar-refractivity contribution in [1.82, 2.24) is 0 Å². The van der Waals surface area contributed by atoms with Crippen molar-refractivity contribution < 1.29 is 25.2 Å². The fraction of sp³-hybridized carbons (Fsp3) is 0.490. The molecule has 0 amide bonds. The Kier molecular flexibility index (Phi) is 12.6. The molecule has 8 atom stereocenters. The van der Waals surface area contributed by atoms with Crippen molar-refractivity contribution >= 4 is 17.8 Å². The first-order valence-electron chi connectivity index (χ1n) is 21.1. The van der Waals surface area contributed by atoms with Gasteiger partial charge in [-0.05, 0) is 128 Å². The van der Waals surface area contributed by atoms with Crippen molar-refractivity contribution in [2.24, 2.45) is 41.2 Å². The summed E-state index contributed by atoms with van der Waals surface area (Å²) in [4.78, 5) is 13.6. The van der Waals surface area contributed by atoms with Crippen LogP contribution in [0.1, 0.15) is 106 Å². The standard InChI is InChI=1S/C49H61NO5/c50-26-24-34-18-17-33(27-34)9-3-1-2-4-11-36-13-8-14-40(32-51)46(48(54)55)49(25-23-39-30-38-12-5-6-16-43(38)47(53)45(39)31-49)41-15-7-10-35(28-41)29-44(36)37-19-21-42(52)22-20-37/h5-8,10,12,14-16,19-22,27-28,30,33,36,39-40,44-46,51-53H,1-4,9,11,13,17-18,23-26,29,31-32,50H2,(H,54,55)/b14-8-/t33-,36+,39+,40+,44-,45+,46+,49+/m0/s1. The number of carboxylic acids is 1. The molecule has 6 N–H and O–H groups in total. The van der Waals surface area contributed by atoms with Crippen molar-refractivity contribution in [3.05, 3.63) is 124 Å². The van der Waals surface area contributed by atoms with Gasteiger partial charge in [0, 0.05) is 22.5 Å². The van der Waals surface area contributed by atoms with Crippen LogP contribution in [-0.2, 0) is 16.6 Å². The molecule has 292 valence electrons. The number of phenolic OH excluding ortho intramolecular Hbond substituents is 1. The minimum Gasteiger partial charge on any atom is -0.511 e.